The number of rotatable bonds is 4. The van der Waals surface area contributed by atoms with Crippen LogP contribution in [-0.4, -0.2) is 40.3 Å². The molecule has 0 radical (unpaired) electrons. The monoisotopic (exact) mass is 405 g/mol. The van der Waals surface area contributed by atoms with Gasteiger partial charge in [0.15, 0.2) is 0 Å². The van der Waals surface area contributed by atoms with Crippen LogP contribution in [0.25, 0.3) is 10.9 Å². The Morgan fingerprint density at radius 2 is 2.03 bits per heavy atom. The number of halogens is 1. The number of piperazine rings is 1. The molecule has 1 saturated heterocycles. The smallest absolute Gasteiger partial charge is 0.270 e. The van der Waals surface area contributed by atoms with E-state index in [0.717, 1.165) is 0 Å². The first-order valence-corrected chi connectivity index (χ1v) is 9.21. The average Bonchev–Trinajstić information content (AvgIpc) is 2.74. The van der Waals surface area contributed by atoms with Gasteiger partial charge in [-0.3, -0.25) is 14.9 Å². The first kappa shape index (κ1) is 19.3. The second kappa shape index (κ2) is 7.75. The Balaban J connectivity index is 1.56. The molecule has 1 amide bonds. The summed E-state index contributed by atoms with van der Waals surface area (Å²) in [6, 6.07) is 13.9. The van der Waals surface area contributed by atoms with Crippen molar-refractivity contribution in [2.24, 2.45) is 0 Å². The number of benzene rings is 2. The number of nitro benzene ring substituents is 1. The van der Waals surface area contributed by atoms with Crippen LogP contribution in [0.4, 0.5) is 15.9 Å². The minimum atomic E-state index is -0.523. The van der Waals surface area contributed by atoms with Crippen molar-refractivity contribution in [2.45, 2.75) is 6.54 Å². The van der Waals surface area contributed by atoms with Crippen molar-refractivity contribution in [3.05, 3.63) is 75.6 Å². The molecule has 150 valence electrons. The second-order valence-electron chi connectivity index (χ2n) is 6.97. The average molecular weight is 405 g/mol. The number of hydrogen-bond acceptors (Lipinski definition) is 6. The predicted molar refractivity (Wildman–Crippen MR) is 107 cm³/mol. The number of nitro groups is 1. The summed E-state index contributed by atoms with van der Waals surface area (Å²) in [6.45, 7) is 1.32. The number of carbonyl (C=O) groups excluding carboxylic acids is 1. The Morgan fingerprint density at radius 3 is 2.73 bits per heavy atom. The van der Waals surface area contributed by atoms with E-state index in [2.05, 4.69) is 11.1 Å². The highest BCUT2D eigenvalue weighted by atomic mass is 19.1. The minimum Gasteiger partial charge on any atom is -0.345 e. The van der Waals surface area contributed by atoms with Crippen LogP contribution < -0.4 is 4.90 Å². The highest BCUT2D eigenvalue weighted by Gasteiger charge is 2.26. The molecule has 0 atom stereocenters. The summed E-state index contributed by atoms with van der Waals surface area (Å²) in [6.07, 6.45) is 0. The molecule has 2 aromatic carbocycles. The topological polar surface area (TPSA) is 103 Å². The molecule has 1 aliphatic heterocycles. The van der Waals surface area contributed by atoms with Gasteiger partial charge in [0.1, 0.15) is 11.6 Å². The van der Waals surface area contributed by atoms with Crippen molar-refractivity contribution in [1.82, 2.24) is 9.88 Å². The minimum absolute atomic E-state index is 0.0751. The summed E-state index contributed by atoms with van der Waals surface area (Å²) in [5.74, 6) is -0.00973. The molecule has 0 unspecified atom stereocenters. The lowest BCUT2D eigenvalue weighted by atomic mass is 10.1. The van der Waals surface area contributed by atoms with Gasteiger partial charge in [-0.25, -0.2) is 9.37 Å². The van der Waals surface area contributed by atoms with Gasteiger partial charge >= 0.3 is 0 Å². The molecule has 1 aliphatic rings. The Morgan fingerprint density at radius 1 is 1.20 bits per heavy atom. The van der Waals surface area contributed by atoms with Crippen LogP contribution in [0.3, 0.4) is 0 Å². The van der Waals surface area contributed by atoms with E-state index in [0.29, 0.717) is 41.9 Å². The summed E-state index contributed by atoms with van der Waals surface area (Å²) in [5, 5.41) is 20.9. The van der Waals surface area contributed by atoms with Crippen LogP contribution >= 0.6 is 0 Å². The van der Waals surface area contributed by atoms with Crippen LogP contribution in [0.15, 0.2) is 48.5 Å². The van der Waals surface area contributed by atoms with Crippen LogP contribution in [-0.2, 0) is 11.3 Å². The molecule has 1 aromatic heterocycles. The lowest BCUT2D eigenvalue weighted by molar-refractivity contribution is -0.384. The van der Waals surface area contributed by atoms with Crippen LogP contribution in [0.2, 0.25) is 0 Å². The zero-order valence-corrected chi connectivity index (χ0v) is 15.8. The molecule has 30 heavy (non-hydrogen) atoms. The van der Waals surface area contributed by atoms with Crippen LogP contribution in [0.1, 0.15) is 11.1 Å². The summed E-state index contributed by atoms with van der Waals surface area (Å²) in [4.78, 5) is 31.0. The fourth-order valence-corrected chi connectivity index (χ4v) is 3.49. The number of non-ortho nitro benzene ring substituents is 1. The number of hydrogen-bond donors (Lipinski definition) is 0. The van der Waals surface area contributed by atoms with E-state index in [-0.39, 0.29) is 29.5 Å². The van der Waals surface area contributed by atoms with Gasteiger partial charge in [-0.2, -0.15) is 5.26 Å². The molecular weight excluding hydrogens is 389 g/mol. The van der Waals surface area contributed by atoms with Gasteiger partial charge in [-0.1, -0.05) is 12.1 Å². The molecule has 4 rings (SSSR count). The van der Waals surface area contributed by atoms with Gasteiger partial charge in [0.05, 0.1) is 28.6 Å². The first-order chi connectivity index (χ1) is 14.4. The second-order valence-corrected chi connectivity index (χ2v) is 6.97. The summed E-state index contributed by atoms with van der Waals surface area (Å²) >= 11 is 0. The third-order valence-corrected chi connectivity index (χ3v) is 5.02. The van der Waals surface area contributed by atoms with Gasteiger partial charge in [0.2, 0.25) is 5.91 Å². The highest BCUT2D eigenvalue weighted by Crippen LogP contribution is 2.27. The molecule has 0 N–H and O–H groups in total. The molecule has 0 aliphatic carbocycles. The standard InChI is InChI=1S/C21H16FN5O3/c22-16-3-1-2-14(8-16)12-26-7-6-25(13-21(26)28)20-9-15(11-23)18-10-17(27(29)30)4-5-19(18)24-20/h1-5,8-10H,6-7,12-13H2. The molecule has 3 aromatic rings. The van der Waals surface area contributed by atoms with Gasteiger partial charge in [-0.15, -0.1) is 0 Å². The van der Waals surface area contributed by atoms with Crippen LogP contribution in [0.5, 0.6) is 0 Å². The first-order valence-electron chi connectivity index (χ1n) is 9.21. The van der Waals surface area contributed by atoms with Gasteiger partial charge in [0, 0.05) is 37.2 Å². The Labute approximate surface area is 170 Å². The number of carbonyl (C=O) groups is 1. The SMILES string of the molecule is N#Cc1cc(N2CCN(Cc3cccc(F)c3)C(=O)C2)nc2ccc([N+](=O)[O-])cc12. The Bertz CT molecular complexity index is 1210. The molecular formula is C21H16FN5O3. The van der Waals surface area contributed by atoms with Gasteiger partial charge < -0.3 is 9.80 Å². The maximum atomic E-state index is 13.4. The Hall–Kier alpha value is -4.06. The Kier molecular flexibility index (Phi) is 4.98. The molecule has 1 fully saturated rings. The number of nitriles is 1. The molecule has 0 spiro atoms. The van der Waals surface area contributed by atoms with E-state index >= 15 is 0 Å². The largest absolute Gasteiger partial charge is 0.345 e. The number of pyridine rings is 1. The van der Waals surface area contributed by atoms with E-state index in [1.807, 2.05) is 0 Å². The maximum Gasteiger partial charge on any atom is 0.270 e. The number of nitrogens with zero attached hydrogens (tertiary/aromatic N) is 5. The van der Waals surface area contributed by atoms with Crippen molar-refractivity contribution >= 4 is 28.3 Å². The third kappa shape index (κ3) is 3.75. The maximum absolute atomic E-state index is 13.4. The molecule has 9 heteroatoms. The van der Waals surface area contributed by atoms with Crippen molar-refractivity contribution in [3.8, 4) is 6.07 Å². The van der Waals surface area contributed by atoms with E-state index in [1.165, 1.54) is 30.3 Å². The van der Waals surface area contributed by atoms with Crippen molar-refractivity contribution in [2.75, 3.05) is 24.5 Å². The lowest BCUT2D eigenvalue weighted by Gasteiger charge is -2.35. The number of aromatic nitrogens is 1. The third-order valence-electron chi connectivity index (χ3n) is 5.02. The predicted octanol–water partition coefficient (Wildman–Crippen LogP) is 3.00. The quantitative estimate of drug-likeness (QED) is 0.488. The molecule has 8 nitrogen and oxygen atoms in total. The summed E-state index contributed by atoms with van der Waals surface area (Å²) in [7, 11) is 0. The van der Waals surface area contributed by atoms with Crippen LogP contribution in [0, 0.1) is 27.3 Å². The van der Waals surface area contributed by atoms with Gasteiger partial charge in [0.25, 0.3) is 5.69 Å². The van der Waals surface area contributed by atoms with E-state index in [1.54, 1.807) is 28.0 Å². The normalized spacial score (nSPS) is 14.1. The van der Waals surface area contributed by atoms with Gasteiger partial charge in [-0.05, 0) is 29.8 Å². The molecule has 0 saturated carbocycles. The number of amides is 1. The number of anilines is 1. The van der Waals surface area contributed by atoms with Crippen molar-refractivity contribution in [3.63, 3.8) is 0 Å². The summed E-state index contributed by atoms with van der Waals surface area (Å²) in [5.41, 5.74) is 1.31. The molecule has 0 bridgehead atoms. The summed E-state index contributed by atoms with van der Waals surface area (Å²) < 4.78 is 13.4. The highest BCUT2D eigenvalue weighted by molar-refractivity contribution is 5.89. The zero-order valence-electron chi connectivity index (χ0n) is 15.8. The number of fused-ring (bicyclic) bond motifs is 1. The van der Waals surface area contributed by atoms with E-state index < -0.39 is 4.92 Å². The fraction of sp³-hybridized carbons (Fsp3) is 0.190. The lowest BCUT2D eigenvalue weighted by Crippen LogP contribution is -2.50. The molecule has 2 heterocycles. The van der Waals surface area contributed by atoms with Crippen molar-refractivity contribution in [1.29, 1.82) is 5.26 Å². The van der Waals surface area contributed by atoms with Crippen molar-refractivity contribution < 1.29 is 14.1 Å². The fourth-order valence-electron chi connectivity index (χ4n) is 3.49. The van der Waals surface area contributed by atoms with E-state index in [4.69, 9.17) is 0 Å². The van der Waals surface area contributed by atoms with E-state index in [9.17, 15) is 24.6 Å². The zero-order chi connectivity index (χ0) is 21.3.